The monoisotopic (exact) mass is 285 g/mol. The number of carboxylic acids is 1. The Kier molecular flexibility index (Phi) is 4.82. The number of urea groups is 1. The zero-order valence-corrected chi connectivity index (χ0v) is 11.8. The molecule has 0 aliphatic carbocycles. The van der Waals surface area contributed by atoms with Gasteiger partial charge in [0.2, 0.25) is 0 Å². The Hall–Kier alpha value is -1.34. The van der Waals surface area contributed by atoms with E-state index in [1.54, 1.807) is 0 Å². The van der Waals surface area contributed by atoms with Gasteiger partial charge in [0.15, 0.2) is 0 Å². The quantitative estimate of drug-likeness (QED) is 0.653. The molecule has 114 valence electrons. The first kappa shape index (κ1) is 15.1. The summed E-state index contributed by atoms with van der Waals surface area (Å²) in [6.07, 6.45) is 1.45. The van der Waals surface area contributed by atoms with Crippen molar-refractivity contribution in [1.29, 1.82) is 0 Å². The van der Waals surface area contributed by atoms with Crippen LogP contribution in [0, 0.1) is 5.92 Å². The van der Waals surface area contributed by atoms with Crippen molar-refractivity contribution in [1.82, 2.24) is 15.1 Å². The number of aliphatic hydroxyl groups is 1. The third kappa shape index (κ3) is 3.61. The van der Waals surface area contributed by atoms with Crippen LogP contribution in [0.25, 0.3) is 0 Å². The van der Waals surface area contributed by atoms with Gasteiger partial charge in [-0.3, -0.25) is 0 Å². The predicted octanol–water partition coefficient (Wildman–Crippen LogP) is -0.442. The van der Waals surface area contributed by atoms with Crippen molar-refractivity contribution in [3.05, 3.63) is 0 Å². The number of nitrogens with zero attached hydrogens (tertiary/aromatic N) is 2. The molecule has 2 rings (SSSR count). The summed E-state index contributed by atoms with van der Waals surface area (Å²) < 4.78 is 0. The summed E-state index contributed by atoms with van der Waals surface area (Å²) in [7, 11) is 2.08. The molecule has 0 aromatic heterocycles. The number of likely N-dealkylation sites (tertiary alicyclic amines) is 2. The van der Waals surface area contributed by atoms with E-state index >= 15 is 0 Å². The van der Waals surface area contributed by atoms with Crippen LogP contribution in [-0.2, 0) is 4.79 Å². The van der Waals surface area contributed by atoms with Crippen LogP contribution in [0.3, 0.4) is 0 Å². The molecule has 7 nitrogen and oxygen atoms in total. The van der Waals surface area contributed by atoms with Crippen molar-refractivity contribution < 1.29 is 19.8 Å². The molecule has 2 amide bonds. The smallest absolute Gasteiger partial charge is 0.326 e. The minimum absolute atomic E-state index is 0.0935. The number of carbonyl (C=O) groups is 2. The van der Waals surface area contributed by atoms with E-state index in [2.05, 4.69) is 17.3 Å². The van der Waals surface area contributed by atoms with Gasteiger partial charge in [0.05, 0.1) is 6.10 Å². The number of carbonyl (C=O) groups excluding carboxylic acids is 1. The van der Waals surface area contributed by atoms with Crippen LogP contribution in [0.5, 0.6) is 0 Å². The van der Waals surface area contributed by atoms with Gasteiger partial charge in [-0.1, -0.05) is 0 Å². The van der Waals surface area contributed by atoms with Crippen molar-refractivity contribution in [2.75, 3.05) is 33.2 Å². The number of aliphatic hydroxyl groups excluding tert-OH is 1. The van der Waals surface area contributed by atoms with E-state index in [0.29, 0.717) is 12.5 Å². The maximum Gasteiger partial charge on any atom is 0.326 e. The van der Waals surface area contributed by atoms with Crippen molar-refractivity contribution in [2.45, 2.75) is 31.4 Å². The number of hydrogen-bond donors (Lipinski definition) is 3. The molecule has 0 aromatic rings. The summed E-state index contributed by atoms with van der Waals surface area (Å²) in [6.45, 7) is 2.73. The van der Waals surface area contributed by atoms with Crippen LogP contribution in [0.1, 0.15) is 19.3 Å². The first-order valence-electron chi connectivity index (χ1n) is 7.11. The van der Waals surface area contributed by atoms with E-state index in [1.165, 1.54) is 4.90 Å². The second-order valence-electron chi connectivity index (χ2n) is 5.83. The number of hydrogen-bond acceptors (Lipinski definition) is 4. The maximum atomic E-state index is 12.0. The molecule has 7 heteroatoms. The highest BCUT2D eigenvalue weighted by Gasteiger charge is 2.39. The van der Waals surface area contributed by atoms with Crippen LogP contribution >= 0.6 is 0 Å². The fraction of sp³-hybridized carbons (Fsp3) is 0.846. The Bertz CT molecular complexity index is 369. The van der Waals surface area contributed by atoms with Crippen molar-refractivity contribution in [3.8, 4) is 0 Å². The van der Waals surface area contributed by atoms with Crippen LogP contribution in [-0.4, -0.2) is 77.4 Å². The van der Waals surface area contributed by atoms with Gasteiger partial charge < -0.3 is 25.3 Å². The van der Waals surface area contributed by atoms with E-state index in [4.69, 9.17) is 5.11 Å². The standard InChI is InChI=1S/C13H23N3O4/c1-15-4-2-9(3-5-15)7-14-13(20)16-8-10(17)6-11(16)12(18)19/h9-11,17H,2-8H2,1H3,(H,14,20)(H,18,19)/t10-,11+/m1/s1. The van der Waals surface area contributed by atoms with Gasteiger partial charge in [0.25, 0.3) is 0 Å². The first-order chi connectivity index (χ1) is 9.47. The zero-order chi connectivity index (χ0) is 14.7. The Balaban J connectivity index is 1.80. The fourth-order valence-corrected chi connectivity index (χ4v) is 2.87. The van der Waals surface area contributed by atoms with Gasteiger partial charge in [0, 0.05) is 19.5 Å². The van der Waals surface area contributed by atoms with Gasteiger partial charge in [-0.25, -0.2) is 9.59 Å². The van der Waals surface area contributed by atoms with E-state index in [0.717, 1.165) is 25.9 Å². The average Bonchev–Trinajstić information content (AvgIpc) is 2.80. The molecule has 2 aliphatic heterocycles. The predicted molar refractivity (Wildman–Crippen MR) is 72.4 cm³/mol. The molecular formula is C13H23N3O4. The number of rotatable bonds is 3. The summed E-state index contributed by atoms with van der Waals surface area (Å²) in [5.74, 6) is -0.609. The van der Waals surface area contributed by atoms with Gasteiger partial charge in [-0.05, 0) is 38.9 Å². The van der Waals surface area contributed by atoms with E-state index in [9.17, 15) is 14.7 Å². The SMILES string of the molecule is CN1CCC(CNC(=O)N2C[C@H](O)C[C@H]2C(=O)O)CC1. The molecule has 3 N–H and O–H groups in total. The summed E-state index contributed by atoms with van der Waals surface area (Å²) in [5, 5.41) is 21.4. The van der Waals surface area contributed by atoms with Gasteiger partial charge >= 0.3 is 12.0 Å². The van der Waals surface area contributed by atoms with Crippen LogP contribution in [0.4, 0.5) is 4.79 Å². The summed E-state index contributed by atoms with van der Waals surface area (Å²) in [4.78, 5) is 26.6. The summed E-state index contributed by atoms with van der Waals surface area (Å²) >= 11 is 0. The molecule has 2 atom stereocenters. The Labute approximate surface area is 118 Å². The van der Waals surface area contributed by atoms with Gasteiger partial charge in [-0.2, -0.15) is 0 Å². The lowest BCUT2D eigenvalue weighted by Gasteiger charge is -2.30. The largest absolute Gasteiger partial charge is 0.480 e. The summed E-state index contributed by atoms with van der Waals surface area (Å²) in [5.41, 5.74) is 0. The molecule has 0 radical (unpaired) electrons. The fourth-order valence-electron chi connectivity index (χ4n) is 2.87. The number of amides is 2. The van der Waals surface area contributed by atoms with Crippen LogP contribution in [0.2, 0.25) is 0 Å². The highest BCUT2D eigenvalue weighted by Crippen LogP contribution is 2.19. The van der Waals surface area contributed by atoms with E-state index in [-0.39, 0.29) is 19.0 Å². The number of piperidine rings is 1. The Morgan fingerprint density at radius 2 is 1.95 bits per heavy atom. The lowest BCUT2D eigenvalue weighted by Crippen LogP contribution is -2.48. The number of β-amino-alcohol motifs (C(OH)–C–C–N with tert-alkyl or cyclic N) is 1. The molecule has 0 aromatic carbocycles. The molecule has 0 bridgehead atoms. The molecule has 2 heterocycles. The van der Waals surface area contributed by atoms with Gasteiger partial charge in [0.1, 0.15) is 6.04 Å². The number of nitrogens with one attached hydrogen (secondary N) is 1. The number of carboxylic acid groups (broad SMARTS) is 1. The second kappa shape index (κ2) is 6.41. The normalized spacial score (nSPS) is 28.6. The lowest BCUT2D eigenvalue weighted by atomic mass is 9.97. The molecule has 0 saturated carbocycles. The van der Waals surface area contributed by atoms with Crippen LogP contribution < -0.4 is 5.32 Å². The van der Waals surface area contributed by atoms with E-state index in [1.807, 2.05) is 0 Å². The zero-order valence-electron chi connectivity index (χ0n) is 11.8. The first-order valence-corrected chi connectivity index (χ1v) is 7.11. The third-order valence-electron chi connectivity index (χ3n) is 4.21. The average molecular weight is 285 g/mol. The molecule has 2 aliphatic rings. The number of aliphatic carboxylic acids is 1. The topological polar surface area (TPSA) is 93.1 Å². The Morgan fingerprint density at radius 3 is 2.55 bits per heavy atom. The maximum absolute atomic E-state index is 12.0. The minimum atomic E-state index is -1.06. The third-order valence-corrected chi connectivity index (χ3v) is 4.21. The van der Waals surface area contributed by atoms with E-state index < -0.39 is 18.1 Å². The highest BCUT2D eigenvalue weighted by molar-refractivity contribution is 5.83. The molecule has 0 spiro atoms. The molecular weight excluding hydrogens is 262 g/mol. The van der Waals surface area contributed by atoms with Crippen LogP contribution in [0.15, 0.2) is 0 Å². The van der Waals surface area contributed by atoms with Crippen molar-refractivity contribution in [2.24, 2.45) is 5.92 Å². The van der Waals surface area contributed by atoms with Crippen molar-refractivity contribution >= 4 is 12.0 Å². The Morgan fingerprint density at radius 1 is 1.30 bits per heavy atom. The molecule has 20 heavy (non-hydrogen) atoms. The van der Waals surface area contributed by atoms with Gasteiger partial charge in [-0.15, -0.1) is 0 Å². The minimum Gasteiger partial charge on any atom is -0.480 e. The second-order valence-corrected chi connectivity index (χ2v) is 5.83. The molecule has 0 unspecified atom stereocenters. The molecule has 2 saturated heterocycles. The molecule has 2 fully saturated rings. The summed E-state index contributed by atoms with van der Waals surface area (Å²) in [6, 6.07) is -1.30. The van der Waals surface area contributed by atoms with Crippen molar-refractivity contribution in [3.63, 3.8) is 0 Å². The lowest BCUT2D eigenvalue weighted by molar-refractivity contribution is -0.141. The highest BCUT2D eigenvalue weighted by atomic mass is 16.4.